The van der Waals surface area contributed by atoms with Gasteiger partial charge in [-0.3, -0.25) is 4.79 Å². The Bertz CT molecular complexity index is 948. The summed E-state index contributed by atoms with van der Waals surface area (Å²) >= 11 is 0. The number of hydrazone groups is 1. The number of carbonyl (C=O) groups excluding carboxylic acids is 1. The van der Waals surface area contributed by atoms with Gasteiger partial charge in [0.1, 0.15) is 5.75 Å². The van der Waals surface area contributed by atoms with Gasteiger partial charge in [0.05, 0.1) is 5.71 Å². The highest BCUT2D eigenvalue weighted by Gasteiger charge is 2.12. The van der Waals surface area contributed by atoms with E-state index in [-0.39, 0.29) is 19.3 Å². The highest BCUT2D eigenvalue weighted by atomic mass is 16.7. The van der Waals surface area contributed by atoms with Gasteiger partial charge in [-0.15, -0.1) is 0 Å². The van der Waals surface area contributed by atoms with Crippen LogP contribution in [0.3, 0.4) is 0 Å². The maximum Gasteiger partial charge on any atom is 0.277 e. The standard InChI is InChI=1S/C23H26N2O4/c1-15(2)19-9-5-16(3)11-21(19)27-13-23(26)25-24-17(4)6-7-18-8-10-20-22(12-18)29-14-28-20/h5-12,15H,13-14H2,1-4H3,(H,25,26)/b7-6+,24-17+. The van der Waals surface area contributed by atoms with Gasteiger partial charge in [0.2, 0.25) is 6.79 Å². The first-order valence-corrected chi connectivity index (χ1v) is 9.56. The molecular formula is C23H26N2O4. The van der Waals surface area contributed by atoms with Crippen LogP contribution in [0, 0.1) is 6.92 Å². The highest BCUT2D eigenvalue weighted by Crippen LogP contribution is 2.32. The second kappa shape index (κ2) is 9.28. The molecule has 29 heavy (non-hydrogen) atoms. The van der Waals surface area contributed by atoms with Crippen LogP contribution in [-0.2, 0) is 4.79 Å². The average Bonchev–Trinajstić information content (AvgIpc) is 3.16. The molecule has 0 aliphatic carbocycles. The summed E-state index contributed by atoms with van der Waals surface area (Å²) in [6.07, 6.45) is 3.71. The van der Waals surface area contributed by atoms with E-state index in [4.69, 9.17) is 14.2 Å². The number of allylic oxidation sites excluding steroid dienone is 1. The minimum absolute atomic E-state index is 0.0914. The molecule has 0 radical (unpaired) electrons. The Labute approximate surface area is 171 Å². The number of ether oxygens (including phenoxy) is 3. The Hall–Kier alpha value is -3.28. The number of carbonyl (C=O) groups is 1. The number of fused-ring (bicyclic) bond motifs is 1. The monoisotopic (exact) mass is 394 g/mol. The topological polar surface area (TPSA) is 69.2 Å². The van der Waals surface area contributed by atoms with E-state index >= 15 is 0 Å². The Morgan fingerprint density at radius 3 is 2.79 bits per heavy atom. The van der Waals surface area contributed by atoms with Crippen molar-refractivity contribution in [2.45, 2.75) is 33.6 Å². The minimum Gasteiger partial charge on any atom is -0.483 e. The van der Waals surface area contributed by atoms with Crippen LogP contribution in [0.1, 0.15) is 43.4 Å². The number of benzene rings is 2. The van der Waals surface area contributed by atoms with Crippen molar-refractivity contribution in [1.82, 2.24) is 5.43 Å². The van der Waals surface area contributed by atoms with Crippen molar-refractivity contribution in [1.29, 1.82) is 0 Å². The van der Waals surface area contributed by atoms with E-state index < -0.39 is 0 Å². The lowest BCUT2D eigenvalue weighted by Gasteiger charge is -2.14. The fraction of sp³-hybridized carbons (Fsp3) is 0.304. The van der Waals surface area contributed by atoms with Crippen molar-refractivity contribution in [3.8, 4) is 17.2 Å². The molecule has 6 heteroatoms. The van der Waals surface area contributed by atoms with Crippen LogP contribution >= 0.6 is 0 Å². The number of amides is 1. The zero-order valence-corrected chi connectivity index (χ0v) is 17.2. The molecular weight excluding hydrogens is 368 g/mol. The second-order valence-corrected chi connectivity index (χ2v) is 7.22. The Balaban J connectivity index is 1.53. The summed E-state index contributed by atoms with van der Waals surface area (Å²) in [5, 5.41) is 4.09. The molecule has 1 amide bonds. The van der Waals surface area contributed by atoms with Gasteiger partial charge in [-0.05, 0) is 60.7 Å². The summed E-state index contributed by atoms with van der Waals surface area (Å²) in [6, 6.07) is 11.7. The van der Waals surface area contributed by atoms with Crippen LogP contribution in [0.15, 0.2) is 47.6 Å². The van der Waals surface area contributed by atoms with Crippen molar-refractivity contribution in [2.24, 2.45) is 5.10 Å². The lowest BCUT2D eigenvalue weighted by molar-refractivity contribution is -0.123. The van der Waals surface area contributed by atoms with Crippen LogP contribution in [0.4, 0.5) is 0 Å². The van der Waals surface area contributed by atoms with Crippen LogP contribution in [0.25, 0.3) is 6.08 Å². The van der Waals surface area contributed by atoms with E-state index in [0.29, 0.717) is 11.6 Å². The van der Waals surface area contributed by atoms with Gasteiger partial charge in [0.25, 0.3) is 5.91 Å². The largest absolute Gasteiger partial charge is 0.483 e. The van der Waals surface area contributed by atoms with Crippen molar-refractivity contribution in [3.63, 3.8) is 0 Å². The lowest BCUT2D eigenvalue weighted by atomic mass is 10.0. The van der Waals surface area contributed by atoms with Crippen molar-refractivity contribution in [3.05, 3.63) is 59.2 Å². The Kier molecular flexibility index (Phi) is 6.54. The summed E-state index contributed by atoms with van der Waals surface area (Å²) in [5.74, 6) is 2.21. The van der Waals surface area contributed by atoms with E-state index in [0.717, 1.165) is 33.9 Å². The summed E-state index contributed by atoms with van der Waals surface area (Å²) in [4.78, 5) is 12.1. The van der Waals surface area contributed by atoms with Gasteiger partial charge in [-0.1, -0.05) is 38.1 Å². The fourth-order valence-electron chi connectivity index (χ4n) is 2.84. The summed E-state index contributed by atoms with van der Waals surface area (Å²) < 4.78 is 16.4. The summed E-state index contributed by atoms with van der Waals surface area (Å²) in [7, 11) is 0. The Morgan fingerprint density at radius 2 is 2.00 bits per heavy atom. The maximum atomic E-state index is 12.1. The van der Waals surface area contributed by atoms with E-state index in [1.807, 2.05) is 62.4 Å². The minimum atomic E-state index is -0.308. The zero-order valence-electron chi connectivity index (χ0n) is 17.2. The third-order valence-electron chi connectivity index (χ3n) is 4.42. The third kappa shape index (κ3) is 5.60. The molecule has 0 unspecified atom stereocenters. The first-order chi connectivity index (χ1) is 13.9. The van der Waals surface area contributed by atoms with E-state index in [1.165, 1.54) is 0 Å². The normalized spacial score (nSPS) is 13.2. The van der Waals surface area contributed by atoms with Gasteiger partial charge in [0, 0.05) is 0 Å². The molecule has 0 saturated heterocycles. The predicted molar refractivity (Wildman–Crippen MR) is 114 cm³/mol. The van der Waals surface area contributed by atoms with Gasteiger partial charge in [-0.25, -0.2) is 5.43 Å². The molecule has 1 aliphatic rings. The third-order valence-corrected chi connectivity index (χ3v) is 4.42. The number of hydrogen-bond acceptors (Lipinski definition) is 5. The molecule has 1 heterocycles. The number of nitrogens with zero attached hydrogens (tertiary/aromatic N) is 1. The molecule has 0 atom stereocenters. The molecule has 0 saturated carbocycles. The predicted octanol–water partition coefficient (Wildman–Crippen LogP) is 4.43. The lowest BCUT2D eigenvalue weighted by Crippen LogP contribution is -2.25. The second-order valence-electron chi connectivity index (χ2n) is 7.22. The smallest absolute Gasteiger partial charge is 0.277 e. The van der Waals surface area contributed by atoms with Gasteiger partial charge in [-0.2, -0.15) is 5.10 Å². The number of aryl methyl sites for hydroxylation is 1. The number of hydrogen-bond donors (Lipinski definition) is 1. The van der Waals surface area contributed by atoms with Crippen LogP contribution in [0.5, 0.6) is 17.2 Å². The molecule has 3 rings (SSSR count). The van der Waals surface area contributed by atoms with Gasteiger partial charge in [0.15, 0.2) is 18.1 Å². The molecule has 1 aliphatic heterocycles. The molecule has 6 nitrogen and oxygen atoms in total. The summed E-state index contributed by atoms with van der Waals surface area (Å²) in [6.45, 7) is 8.15. The van der Waals surface area contributed by atoms with Gasteiger partial charge >= 0.3 is 0 Å². The molecule has 0 spiro atoms. The molecule has 0 aromatic heterocycles. The molecule has 0 bridgehead atoms. The molecule has 1 N–H and O–H groups in total. The fourth-order valence-corrected chi connectivity index (χ4v) is 2.84. The molecule has 2 aromatic rings. The zero-order chi connectivity index (χ0) is 20.8. The van der Waals surface area contributed by atoms with Gasteiger partial charge < -0.3 is 14.2 Å². The van der Waals surface area contributed by atoms with E-state index in [9.17, 15) is 4.79 Å². The van der Waals surface area contributed by atoms with Crippen LogP contribution < -0.4 is 19.6 Å². The number of rotatable bonds is 7. The quantitative estimate of drug-likeness (QED) is 0.557. The van der Waals surface area contributed by atoms with E-state index in [2.05, 4.69) is 24.4 Å². The highest BCUT2D eigenvalue weighted by molar-refractivity contribution is 5.97. The van der Waals surface area contributed by atoms with Crippen molar-refractivity contribution in [2.75, 3.05) is 13.4 Å². The molecule has 0 fully saturated rings. The Morgan fingerprint density at radius 1 is 1.21 bits per heavy atom. The first kappa shape index (κ1) is 20.5. The van der Waals surface area contributed by atoms with Crippen molar-refractivity contribution >= 4 is 17.7 Å². The molecule has 152 valence electrons. The summed E-state index contributed by atoms with van der Waals surface area (Å²) in [5.41, 5.74) is 6.31. The average molecular weight is 394 g/mol. The maximum absolute atomic E-state index is 12.1. The first-order valence-electron chi connectivity index (χ1n) is 9.56. The van der Waals surface area contributed by atoms with Crippen LogP contribution in [-0.4, -0.2) is 25.0 Å². The number of nitrogens with one attached hydrogen (secondary N) is 1. The van der Waals surface area contributed by atoms with Crippen LogP contribution in [0.2, 0.25) is 0 Å². The van der Waals surface area contributed by atoms with Crippen molar-refractivity contribution < 1.29 is 19.0 Å². The SMILES string of the molecule is CC(/C=C/c1ccc2c(c1)OCO2)=N\NC(=O)COc1cc(C)ccc1C(C)C. The van der Waals surface area contributed by atoms with E-state index in [1.54, 1.807) is 0 Å². The molecule has 2 aromatic carbocycles.